The molecule has 0 spiro atoms. The molecular formula is C28H25N5O2S. The van der Waals surface area contributed by atoms with Crippen molar-refractivity contribution in [2.24, 2.45) is 0 Å². The molecule has 1 saturated heterocycles. The Labute approximate surface area is 212 Å². The van der Waals surface area contributed by atoms with Crippen LogP contribution in [0.5, 0.6) is 0 Å². The van der Waals surface area contributed by atoms with Crippen LogP contribution in [-0.4, -0.2) is 44.2 Å². The maximum Gasteiger partial charge on any atom is 0.255 e. The monoisotopic (exact) mass is 495 g/mol. The Kier molecular flexibility index (Phi) is 5.95. The van der Waals surface area contributed by atoms with Gasteiger partial charge in [-0.3, -0.25) is 9.59 Å². The largest absolute Gasteiger partial charge is 0.348 e. The molecule has 1 aliphatic heterocycles. The van der Waals surface area contributed by atoms with Crippen molar-refractivity contribution in [3.8, 4) is 0 Å². The van der Waals surface area contributed by atoms with Crippen LogP contribution in [0.3, 0.4) is 0 Å². The number of benzene rings is 2. The number of nitrogens with one attached hydrogen (secondary N) is 1. The van der Waals surface area contributed by atoms with Crippen molar-refractivity contribution in [1.29, 1.82) is 0 Å². The van der Waals surface area contributed by atoms with Crippen molar-refractivity contribution in [2.45, 2.75) is 25.3 Å². The zero-order chi connectivity index (χ0) is 24.5. The summed E-state index contributed by atoms with van der Waals surface area (Å²) in [5.74, 6) is 0.372. The van der Waals surface area contributed by atoms with Crippen molar-refractivity contribution in [3.05, 3.63) is 101 Å². The highest BCUT2D eigenvalue weighted by atomic mass is 32.1. The molecule has 0 saturated carbocycles. The van der Waals surface area contributed by atoms with Crippen LogP contribution in [0.25, 0.3) is 15.9 Å². The van der Waals surface area contributed by atoms with Crippen LogP contribution >= 0.6 is 11.3 Å². The number of pyridine rings is 1. The van der Waals surface area contributed by atoms with Crippen LogP contribution in [0, 0.1) is 0 Å². The van der Waals surface area contributed by atoms with E-state index in [1.165, 1.54) is 16.9 Å². The molecule has 5 aromatic rings. The van der Waals surface area contributed by atoms with E-state index >= 15 is 0 Å². The number of fused-ring (bicyclic) bond motifs is 2. The number of piperidine rings is 1. The highest BCUT2D eigenvalue weighted by molar-refractivity contribution is 7.17. The van der Waals surface area contributed by atoms with Gasteiger partial charge >= 0.3 is 0 Å². The molecule has 1 aliphatic rings. The molecular weight excluding hydrogens is 470 g/mol. The summed E-state index contributed by atoms with van der Waals surface area (Å²) in [6.45, 7) is 1.90. The molecule has 36 heavy (non-hydrogen) atoms. The third-order valence-corrected chi connectivity index (χ3v) is 7.80. The van der Waals surface area contributed by atoms with Crippen molar-refractivity contribution >= 4 is 39.0 Å². The van der Waals surface area contributed by atoms with Gasteiger partial charge in [0.25, 0.3) is 11.8 Å². The van der Waals surface area contributed by atoms with Gasteiger partial charge in [-0.25, -0.2) is 9.97 Å². The van der Waals surface area contributed by atoms with E-state index in [0.29, 0.717) is 18.0 Å². The first-order valence-corrected chi connectivity index (χ1v) is 12.9. The normalized spacial score (nSPS) is 14.4. The first-order chi connectivity index (χ1) is 17.7. The topological polar surface area (TPSA) is 79.6 Å². The van der Waals surface area contributed by atoms with Crippen LogP contribution in [0.4, 0.5) is 0 Å². The lowest BCUT2D eigenvalue weighted by atomic mass is 9.88. The van der Waals surface area contributed by atoms with Gasteiger partial charge in [-0.2, -0.15) is 0 Å². The van der Waals surface area contributed by atoms with Gasteiger partial charge in [-0.1, -0.05) is 18.2 Å². The lowest BCUT2D eigenvalue weighted by Crippen LogP contribution is -2.38. The third-order valence-electron chi connectivity index (χ3n) is 6.93. The summed E-state index contributed by atoms with van der Waals surface area (Å²) in [5, 5.41) is 2.99. The molecule has 4 heterocycles. The van der Waals surface area contributed by atoms with Crippen LogP contribution < -0.4 is 5.32 Å². The van der Waals surface area contributed by atoms with Gasteiger partial charge < -0.3 is 14.6 Å². The second-order valence-electron chi connectivity index (χ2n) is 9.11. The summed E-state index contributed by atoms with van der Waals surface area (Å²) in [6.07, 6.45) is 7.41. The quantitative estimate of drug-likeness (QED) is 0.376. The summed E-state index contributed by atoms with van der Waals surface area (Å²) in [6, 6.07) is 17.6. The predicted molar refractivity (Wildman–Crippen MR) is 140 cm³/mol. The molecule has 0 aliphatic carbocycles. The Morgan fingerprint density at radius 1 is 1.00 bits per heavy atom. The van der Waals surface area contributed by atoms with E-state index < -0.39 is 0 Å². The zero-order valence-corrected chi connectivity index (χ0v) is 20.4. The molecule has 6 rings (SSSR count). The summed E-state index contributed by atoms with van der Waals surface area (Å²) < 4.78 is 2.90. The van der Waals surface area contributed by atoms with E-state index in [9.17, 15) is 9.59 Å². The number of nitrogens with zero attached hydrogens (tertiary/aromatic N) is 4. The van der Waals surface area contributed by atoms with Crippen molar-refractivity contribution < 1.29 is 9.59 Å². The number of likely N-dealkylation sites (tertiary alicyclic amines) is 1. The van der Waals surface area contributed by atoms with Gasteiger partial charge in [0.05, 0.1) is 21.3 Å². The number of aromatic nitrogens is 3. The molecule has 0 atom stereocenters. The minimum Gasteiger partial charge on any atom is -0.348 e. The molecule has 2 amide bonds. The number of thiazole rings is 1. The smallest absolute Gasteiger partial charge is 0.255 e. The number of carbonyl (C=O) groups is 2. The van der Waals surface area contributed by atoms with E-state index in [2.05, 4.69) is 15.3 Å². The van der Waals surface area contributed by atoms with Crippen LogP contribution in [-0.2, 0) is 6.54 Å². The lowest BCUT2D eigenvalue weighted by Gasteiger charge is -2.32. The molecule has 7 nitrogen and oxygen atoms in total. The van der Waals surface area contributed by atoms with Gasteiger partial charge in [0, 0.05) is 43.8 Å². The Morgan fingerprint density at radius 3 is 2.67 bits per heavy atom. The van der Waals surface area contributed by atoms with Crippen LogP contribution in [0.2, 0.25) is 0 Å². The fraction of sp³-hybridized carbons (Fsp3) is 0.214. The van der Waals surface area contributed by atoms with Crippen LogP contribution in [0.1, 0.15) is 50.6 Å². The zero-order valence-electron chi connectivity index (χ0n) is 19.6. The minimum atomic E-state index is -0.0950. The predicted octanol–water partition coefficient (Wildman–Crippen LogP) is 4.89. The first kappa shape index (κ1) is 22.4. The van der Waals surface area contributed by atoms with Gasteiger partial charge in [-0.05, 0) is 66.3 Å². The third kappa shape index (κ3) is 4.35. The Bertz CT molecular complexity index is 1550. The average Bonchev–Trinajstić information content (AvgIpc) is 3.61. The molecule has 0 bridgehead atoms. The molecule has 180 valence electrons. The highest BCUT2D eigenvalue weighted by Crippen LogP contribution is 2.30. The van der Waals surface area contributed by atoms with E-state index in [1.54, 1.807) is 11.7 Å². The maximum absolute atomic E-state index is 13.1. The van der Waals surface area contributed by atoms with Crippen LogP contribution in [0.15, 0.2) is 78.7 Å². The molecule has 1 N–H and O–H groups in total. The summed E-state index contributed by atoms with van der Waals surface area (Å²) >= 11 is 1.52. The van der Waals surface area contributed by atoms with Gasteiger partial charge in [-0.15, -0.1) is 11.3 Å². The van der Waals surface area contributed by atoms with E-state index in [1.807, 2.05) is 76.3 Å². The lowest BCUT2D eigenvalue weighted by molar-refractivity contribution is 0.0715. The van der Waals surface area contributed by atoms with E-state index in [4.69, 9.17) is 0 Å². The number of rotatable bonds is 5. The number of imidazole rings is 1. The van der Waals surface area contributed by atoms with Gasteiger partial charge in [0.15, 0.2) is 0 Å². The average molecular weight is 496 g/mol. The fourth-order valence-corrected chi connectivity index (χ4v) is 5.69. The van der Waals surface area contributed by atoms with Crippen molar-refractivity contribution in [1.82, 2.24) is 24.6 Å². The maximum atomic E-state index is 13.1. The number of carbonyl (C=O) groups excluding carboxylic acids is 2. The van der Waals surface area contributed by atoms with E-state index in [0.717, 1.165) is 52.9 Å². The molecule has 0 unspecified atom stereocenters. The molecule has 3 aromatic heterocycles. The minimum absolute atomic E-state index is 0.0854. The number of hydrogen-bond donors (Lipinski definition) is 1. The SMILES string of the molecule is O=C(NCc1ccn2ccnc2c1)c1ccc(C2CCN(C(=O)c3cccc4ncsc34)CC2)cc1. The second kappa shape index (κ2) is 9.54. The Hall–Kier alpha value is -4.04. The van der Waals surface area contributed by atoms with Crippen molar-refractivity contribution in [3.63, 3.8) is 0 Å². The molecule has 2 aromatic carbocycles. The summed E-state index contributed by atoms with van der Waals surface area (Å²) in [7, 11) is 0. The number of amides is 2. The molecule has 8 heteroatoms. The van der Waals surface area contributed by atoms with Gasteiger partial charge in [0.2, 0.25) is 0 Å². The Morgan fingerprint density at radius 2 is 1.83 bits per heavy atom. The number of hydrogen-bond acceptors (Lipinski definition) is 5. The molecule has 1 fully saturated rings. The molecule has 0 radical (unpaired) electrons. The van der Waals surface area contributed by atoms with Gasteiger partial charge in [0.1, 0.15) is 5.65 Å². The van der Waals surface area contributed by atoms with E-state index in [-0.39, 0.29) is 11.8 Å². The van der Waals surface area contributed by atoms with Crippen molar-refractivity contribution in [2.75, 3.05) is 13.1 Å². The second-order valence-corrected chi connectivity index (χ2v) is 9.96. The first-order valence-electron chi connectivity index (χ1n) is 12.1. The Balaban J connectivity index is 1.05. The highest BCUT2D eigenvalue weighted by Gasteiger charge is 2.26. The standard InChI is InChI=1S/C28H25N5O2S/c34-27(30-17-19-8-12-32-15-11-29-25(32)16-19)22-6-4-20(5-7-22)21-9-13-33(14-10-21)28(35)23-2-1-3-24-26(23)36-18-31-24/h1-8,11-12,15-16,18,21H,9-10,13-14,17H2,(H,30,34). The summed E-state index contributed by atoms with van der Waals surface area (Å²) in [5.41, 5.74) is 7.14. The summed E-state index contributed by atoms with van der Waals surface area (Å²) in [4.78, 5) is 36.4. The fourth-order valence-electron chi connectivity index (χ4n) is 4.89.